The zero-order chi connectivity index (χ0) is 16.7. The van der Waals surface area contributed by atoms with E-state index in [1.54, 1.807) is 12.1 Å². The highest BCUT2D eigenvalue weighted by atomic mass is 79.9. The van der Waals surface area contributed by atoms with E-state index < -0.39 is 11.9 Å². The number of hydrogen-bond acceptors (Lipinski definition) is 3. The molecule has 0 radical (unpaired) electrons. The highest BCUT2D eigenvalue weighted by Crippen LogP contribution is 2.32. The van der Waals surface area contributed by atoms with E-state index in [1.807, 2.05) is 36.4 Å². The van der Waals surface area contributed by atoms with Crippen molar-refractivity contribution in [2.24, 2.45) is 0 Å². The number of imide groups is 1. The Morgan fingerprint density at radius 1 is 0.957 bits per heavy atom. The van der Waals surface area contributed by atoms with Crippen LogP contribution < -0.4 is 15.4 Å². The molecule has 2 aromatic carbocycles. The fraction of sp³-hybridized carbons (Fsp3) is 0.125. The average molecular weight is 442 g/mol. The van der Waals surface area contributed by atoms with Crippen molar-refractivity contribution < 1.29 is 14.3 Å². The van der Waals surface area contributed by atoms with Gasteiger partial charge in [0.2, 0.25) is 0 Å². The molecule has 0 aliphatic rings. The van der Waals surface area contributed by atoms with Gasteiger partial charge in [-0.25, -0.2) is 4.79 Å². The number of urea groups is 1. The molecule has 3 amide bonds. The summed E-state index contributed by atoms with van der Waals surface area (Å²) >= 11 is 6.67. The van der Waals surface area contributed by atoms with Crippen LogP contribution in [0, 0.1) is 0 Å². The SMILES string of the molecule is O=C(COc1c(Br)cccc1Br)NC(=O)NCc1ccccc1. The molecule has 2 aromatic rings. The summed E-state index contributed by atoms with van der Waals surface area (Å²) < 4.78 is 6.84. The Balaban J connectivity index is 1.77. The third-order valence-electron chi connectivity index (χ3n) is 2.82. The molecule has 0 aromatic heterocycles. The molecule has 2 N–H and O–H groups in total. The number of carbonyl (C=O) groups is 2. The van der Waals surface area contributed by atoms with Gasteiger partial charge in [-0.15, -0.1) is 0 Å². The highest BCUT2D eigenvalue weighted by Gasteiger charge is 2.11. The Bertz CT molecular complexity index is 673. The zero-order valence-corrected chi connectivity index (χ0v) is 15.2. The monoisotopic (exact) mass is 440 g/mol. The van der Waals surface area contributed by atoms with E-state index in [9.17, 15) is 9.59 Å². The number of rotatable bonds is 5. The average Bonchev–Trinajstić information content (AvgIpc) is 2.53. The predicted octanol–water partition coefficient (Wildman–Crippen LogP) is 3.62. The number of amides is 3. The lowest BCUT2D eigenvalue weighted by molar-refractivity contribution is -0.122. The molecule has 0 spiro atoms. The van der Waals surface area contributed by atoms with Gasteiger partial charge in [-0.1, -0.05) is 36.4 Å². The molecule has 120 valence electrons. The molecule has 0 unspecified atom stereocenters. The lowest BCUT2D eigenvalue weighted by atomic mass is 10.2. The molecule has 0 saturated carbocycles. The second kappa shape index (κ2) is 8.69. The lowest BCUT2D eigenvalue weighted by Gasteiger charge is -2.10. The fourth-order valence-electron chi connectivity index (χ4n) is 1.74. The zero-order valence-electron chi connectivity index (χ0n) is 12.0. The number of carbonyl (C=O) groups excluding carboxylic acids is 2. The Morgan fingerprint density at radius 3 is 2.26 bits per heavy atom. The molecule has 0 bridgehead atoms. The summed E-state index contributed by atoms with van der Waals surface area (Å²) in [5, 5.41) is 4.82. The molecular weight excluding hydrogens is 428 g/mol. The molecule has 0 aliphatic heterocycles. The van der Waals surface area contributed by atoms with Crippen molar-refractivity contribution in [1.29, 1.82) is 0 Å². The second-order valence-corrected chi connectivity index (χ2v) is 6.26. The van der Waals surface area contributed by atoms with Crippen LogP contribution in [-0.4, -0.2) is 18.5 Å². The highest BCUT2D eigenvalue weighted by molar-refractivity contribution is 9.11. The number of halogens is 2. The standard InChI is InChI=1S/C16H14Br2N2O3/c17-12-7-4-8-13(18)15(12)23-10-14(21)20-16(22)19-9-11-5-2-1-3-6-11/h1-8H,9-10H2,(H2,19,20,21,22). The molecular formula is C16H14Br2N2O3. The number of para-hydroxylation sites is 1. The van der Waals surface area contributed by atoms with Gasteiger partial charge in [0.05, 0.1) is 8.95 Å². The first-order valence-electron chi connectivity index (χ1n) is 6.74. The van der Waals surface area contributed by atoms with Crippen LogP contribution in [0.2, 0.25) is 0 Å². The van der Waals surface area contributed by atoms with Crippen molar-refractivity contribution in [1.82, 2.24) is 10.6 Å². The van der Waals surface area contributed by atoms with Gasteiger partial charge in [0.15, 0.2) is 6.61 Å². The third kappa shape index (κ3) is 5.69. The quantitative estimate of drug-likeness (QED) is 0.744. The Hall–Kier alpha value is -1.86. The van der Waals surface area contributed by atoms with Gasteiger partial charge in [-0.3, -0.25) is 10.1 Å². The first-order valence-corrected chi connectivity index (χ1v) is 8.33. The van der Waals surface area contributed by atoms with Gasteiger partial charge in [0.1, 0.15) is 5.75 Å². The van der Waals surface area contributed by atoms with Crippen molar-refractivity contribution >= 4 is 43.8 Å². The summed E-state index contributed by atoms with van der Waals surface area (Å²) in [5.41, 5.74) is 0.948. The Kier molecular flexibility index (Phi) is 6.61. The topological polar surface area (TPSA) is 67.4 Å². The predicted molar refractivity (Wildman–Crippen MR) is 94.2 cm³/mol. The number of ether oxygens (including phenoxy) is 1. The Morgan fingerprint density at radius 2 is 1.61 bits per heavy atom. The van der Waals surface area contributed by atoms with E-state index in [0.29, 0.717) is 21.2 Å². The van der Waals surface area contributed by atoms with Crippen molar-refractivity contribution in [2.45, 2.75) is 6.54 Å². The summed E-state index contributed by atoms with van der Waals surface area (Å²) in [6.07, 6.45) is 0. The maximum Gasteiger partial charge on any atom is 0.321 e. The lowest BCUT2D eigenvalue weighted by Crippen LogP contribution is -2.41. The van der Waals surface area contributed by atoms with Gasteiger partial charge in [-0.05, 0) is 49.6 Å². The molecule has 0 saturated heterocycles. The van der Waals surface area contributed by atoms with Crippen molar-refractivity contribution in [2.75, 3.05) is 6.61 Å². The maximum absolute atomic E-state index is 11.7. The van der Waals surface area contributed by atoms with Crippen molar-refractivity contribution in [3.05, 3.63) is 63.0 Å². The van der Waals surface area contributed by atoms with E-state index >= 15 is 0 Å². The molecule has 2 rings (SSSR count). The van der Waals surface area contributed by atoms with Crippen molar-refractivity contribution in [3.8, 4) is 5.75 Å². The van der Waals surface area contributed by atoms with E-state index in [-0.39, 0.29) is 6.61 Å². The van der Waals surface area contributed by atoms with Crippen molar-refractivity contribution in [3.63, 3.8) is 0 Å². The van der Waals surface area contributed by atoms with Gasteiger partial charge >= 0.3 is 6.03 Å². The maximum atomic E-state index is 11.7. The van der Waals surface area contributed by atoms with Gasteiger partial charge < -0.3 is 10.1 Å². The van der Waals surface area contributed by atoms with Crippen LogP contribution in [0.1, 0.15) is 5.56 Å². The summed E-state index contributed by atoms with van der Waals surface area (Å²) in [6.45, 7) is 0.0799. The summed E-state index contributed by atoms with van der Waals surface area (Å²) in [7, 11) is 0. The van der Waals surface area contributed by atoms with Gasteiger partial charge in [0, 0.05) is 6.54 Å². The summed E-state index contributed by atoms with van der Waals surface area (Å²) in [4.78, 5) is 23.4. The molecule has 0 atom stereocenters. The molecule has 0 heterocycles. The first kappa shape index (κ1) is 17.5. The molecule has 5 nitrogen and oxygen atoms in total. The molecule has 7 heteroatoms. The number of hydrogen-bond donors (Lipinski definition) is 2. The number of benzene rings is 2. The van der Waals surface area contributed by atoms with Crippen LogP contribution in [-0.2, 0) is 11.3 Å². The van der Waals surface area contributed by atoms with Crippen LogP contribution in [0.25, 0.3) is 0 Å². The smallest absolute Gasteiger partial charge is 0.321 e. The summed E-state index contributed by atoms with van der Waals surface area (Å²) in [5.74, 6) is -0.0226. The number of nitrogens with one attached hydrogen (secondary N) is 2. The van der Waals surface area contributed by atoms with Crippen LogP contribution in [0.15, 0.2) is 57.5 Å². The third-order valence-corrected chi connectivity index (χ3v) is 4.06. The first-order chi connectivity index (χ1) is 11.1. The van der Waals surface area contributed by atoms with Gasteiger partial charge in [-0.2, -0.15) is 0 Å². The van der Waals surface area contributed by atoms with Crippen LogP contribution in [0.4, 0.5) is 4.79 Å². The molecule has 23 heavy (non-hydrogen) atoms. The van der Waals surface area contributed by atoms with Crippen LogP contribution >= 0.6 is 31.9 Å². The largest absolute Gasteiger partial charge is 0.481 e. The molecule has 0 fully saturated rings. The van der Waals surface area contributed by atoms with Crippen LogP contribution in [0.3, 0.4) is 0 Å². The minimum atomic E-state index is -0.561. The van der Waals surface area contributed by atoms with E-state index in [2.05, 4.69) is 42.5 Å². The van der Waals surface area contributed by atoms with E-state index in [1.165, 1.54) is 0 Å². The normalized spacial score (nSPS) is 10.0. The van der Waals surface area contributed by atoms with Crippen LogP contribution in [0.5, 0.6) is 5.75 Å². The molecule has 0 aliphatic carbocycles. The second-order valence-electron chi connectivity index (χ2n) is 4.56. The minimum absolute atomic E-state index is 0.264. The minimum Gasteiger partial charge on any atom is -0.481 e. The Labute approximate surface area is 150 Å². The fourth-order valence-corrected chi connectivity index (χ4v) is 2.97. The van der Waals surface area contributed by atoms with E-state index in [4.69, 9.17) is 4.74 Å². The van der Waals surface area contributed by atoms with Gasteiger partial charge in [0.25, 0.3) is 5.91 Å². The van der Waals surface area contributed by atoms with E-state index in [0.717, 1.165) is 5.56 Å². The summed E-state index contributed by atoms with van der Waals surface area (Å²) in [6, 6.07) is 14.3.